The van der Waals surface area contributed by atoms with E-state index in [1.807, 2.05) is 0 Å². The molecule has 0 aromatic carbocycles. The van der Waals surface area contributed by atoms with Crippen LogP contribution in [-0.4, -0.2) is 13.1 Å². The van der Waals surface area contributed by atoms with Crippen LogP contribution in [0, 0.1) is 0 Å². The summed E-state index contributed by atoms with van der Waals surface area (Å²) in [6, 6.07) is 0. The first kappa shape index (κ1) is 18.7. The van der Waals surface area contributed by atoms with Gasteiger partial charge in [0.05, 0.1) is 8.69 Å². The van der Waals surface area contributed by atoms with Gasteiger partial charge in [0.15, 0.2) is 0 Å². The van der Waals surface area contributed by atoms with Crippen LogP contribution in [0.4, 0.5) is 0 Å². The molecule has 12 heavy (non-hydrogen) atoms. The molecule has 0 aromatic heterocycles. The van der Waals surface area contributed by atoms with Gasteiger partial charge in [0.1, 0.15) is 0 Å². The smallest absolute Gasteiger partial charge is 0.772 e. The Morgan fingerprint density at radius 1 is 1.08 bits per heavy atom. The fourth-order valence-electron chi connectivity index (χ4n) is 0.250. The second kappa shape index (κ2) is 22.7. The average Bonchev–Trinajstić information content (AvgIpc) is 1.85. The van der Waals surface area contributed by atoms with Crippen LogP contribution in [-0.2, 0) is 4.57 Å². The zero-order chi connectivity index (χ0) is 8.95. The Kier molecular flexibility index (Phi) is 35.4. The predicted octanol–water partition coefficient (Wildman–Crippen LogP) is -2.98. The summed E-state index contributed by atoms with van der Waals surface area (Å²) >= 11 is 0. The van der Waals surface area contributed by atoms with E-state index in [0.29, 0.717) is 13.1 Å². The molecule has 0 unspecified atom stereocenters. The molecular weight excluding hydrogens is 186 g/mol. The van der Waals surface area contributed by atoms with Gasteiger partial charge in [-0.3, -0.25) is 4.57 Å². The standard InChI is InChI=1S/C4H8.C2H8N2.Na.HO2P/c1-2-4-3-1;3-1-2-4;;1-3-2/h2*1-4H2;;(H,1,2)/q;;+1;/p-1. The maximum Gasteiger partial charge on any atom is 1.00 e. The SMILES string of the molecule is C1CCC1.NCCN.O=P[O-].[Na+]. The van der Waals surface area contributed by atoms with Gasteiger partial charge in [-0.2, -0.15) is 0 Å². The Labute approximate surface area is 97.7 Å². The van der Waals surface area contributed by atoms with Crippen LogP contribution in [0.15, 0.2) is 0 Å². The summed E-state index contributed by atoms with van der Waals surface area (Å²) in [5, 5.41) is 0. The monoisotopic (exact) mass is 202 g/mol. The fourth-order valence-corrected chi connectivity index (χ4v) is 0.250. The van der Waals surface area contributed by atoms with Crippen molar-refractivity contribution in [3.8, 4) is 0 Å². The van der Waals surface area contributed by atoms with E-state index >= 15 is 0 Å². The Morgan fingerprint density at radius 2 is 1.25 bits per heavy atom. The molecule has 0 radical (unpaired) electrons. The third kappa shape index (κ3) is 30.6. The largest absolute Gasteiger partial charge is 1.00 e. The molecule has 1 rings (SSSR count). The maximum atomic E-state index is 8.35. The van der Waals surface area contributed by atoms with Crippen LogP contribution in [0.2, 0.25) is 0 Å². The number of rotatable bonds is 1. The van der Waals surface area contributed by atoms with Crippen molar-refractivity contribution in [2.75, 3.05) is 13.1 Å². The van der Waals surface area contributed by atoms with Crippen molar-refractivity contribution in [2.24, 2.45) is 11.5 Å². The van der Waals surface area contributed by atoms with Crippen LogP contribution >= 0.6 is 8.69 Å². The van der Waals surface area contributed by atoms with Gasteiger partial charge in [-0.25, -0.2) is 0 Å². The van der Waals surface area contributed by atoms with Crippen molar-refractivity contribution in [2.45, 2.75) is 25.7 Å². The van der Waals surface area contributed by atoms with E-state index in [4.69, 9.17) is 20.9 Å². The van der Waals surface area contributed by atoms with Gasteiger partial charge in [-0.05, 0) is 0 Å². The van der Waals surface area contributed by atoms with Crippen molar-refractivity contribution >= 4 is 8.69 Å². The number of hydrogen-bond donors (Lipinski definition) is 2. The Morgan fingerprint density at radius 3 is 1.25 bits per heavy atom. The second-order valence-corrected chi connectivity index (χ2v) is 2.22. The zero-order valence-electron chi connectivity index (χ0n) is 7.66. The van der Waals surface area contributed by atoms with E-state index in [2.05, 4.69) is 0 Å². The molecule has 0 aliphatic heterocycles. The molecule has 1 saturated carbocycles. The van der Waals surface area contributed by atoms with E-state index in [1.54, 1.807) is 0 Å². The molecule has 68 valence electrons. The molecule has 1 fully saturated rings. The summed E-state index contributed by atoms with van der Waals surface area (Å²) in [5.74, 6) is 0. The quantitative estimate of drug-likeness (QED) is 0.350. The first-order valence-corrected chi connectivity index (χ1v) is 4.41. The van der Waals surface area contributed by atoms with E-state index in [0.717, 1.165) is 0 Å². The van der Waals surface area contributed by atoms with E-state index in [1.165, 1.54) is 25.7 Å². The molecule has 0 spiro atoms. The van der Waals surface area contributed by atoms with Crippen LogP contribution in [0.1, 0.15) is 25.7 Å². The first-order chi connectivity index (χ1) is 5.33. The van der Waals surface area contributed by atoms with Gasteiger partial charge < -0.3 is 16.4 Å². The second-order valence-electron chi connectivity index (χ2n) is 2.07. The fraction of sp³-hybridized carbons (Fsp3) is 1.00. The molecule has 4 nitrogen and oxygen atoms in total. The van der Waals surface area contributed by atoms with Gasteiger partial charge in [-0.15, -0.1) is 0 Å². The van der Waals surface area contributed by atoms with Crippen molar-refractivity contribution in [3.63, 3.8) is 0 Å². The van der Waals surface area contributed by atoms with Crippen molar-refractivity contribution in [1.82, 2.24) is 0 Å². The van der Waals surface area contributed by atoms with Crippen molar-refractivity contribution in [1.29, 1.82) is 0 Å². The summed E-state index contributed by atoms with van der Waals surface area (Å²) in [6.07, 6.45) is 6.00. The third-order valence-corrected chi connectivity index (χ3v) is 1.17. The van der Waals surface area contributed by atoms with Crippen LogP contribution in [0.25, 0.3) is 0 Å². The van der Waals surface area contributed by atoms with Crippen LogP contribution in [0.3, 0.4) is 0 Å². The minimum Gasteiger partial charge on any atom is -0.772 e. The van der Waals surface area contributed by atoms with Crippen LogP contribution < -0.4 is 45.9 Å². The molecule has 0 heterocycles. The Bertz CT molecular complexity index is 68.6. The molecule has 1 aliphatic carbocycles. The molecule has 0 aromatic rings. The topological polar surface area (TPSA) is 92.2 Å². The number of nitrogens with two attached hydrogens (primary N) is 2. The Hall–Kier alpha value is 0.980. The van der Waals surface area contributed by atoms with Crippen molar-refractivity contribution in [3.05, 3.63) is 0 Å². The van der Waals surface area contributed by atoms with Crippen molar-refractivity contribution < 1.29 is 39.0 Å². The average molecular weight is 202 g/mol. The summed E-state index contributed by atoms with van der Waals surface area (Å²) in [4.78, 5) is 8.35. The molecular formula is C6H16N2NaO2P. The molecule has 1 aliphatic rings. The van der Waals surface area contributed by atoms with Gasteiger partial charge in [-0.1, -0.05) is 25.7 Å². The molecule has 6 heteroatoms. The van der Waals surface area contributed by atoms with Crippen LogP contribution in [0.5, 0.6) is 0 Å². The first-order valence-electron chi connectivity index (χ1n) is 3.68. The third-order valence-electron chi connectivity index (χ3n) is 1.17. The molecule has 0 atom stereocenters. The van der Waals surface area contributed by atoms with Gasteiger partial charge in [0.2, 0.25) is 0 Å². The molecule has 0 saturated heterocycles. The Balaban J connectivity index is -0.0000000987. The summed E-state index contributed by atoms with van der Waals surface area (Å²) in [5.41, 5.74) is 9.81. The summed E-state index contributed by atoms with van der Waals surface area (Å²) in [7, 11) is -1.08. The van der Waals surface area contributed by atoms with Gasteiger partial charge in [0, 0.05) is 13.1 Å². The van der Waals surface area contributed by atoms with E-state index < -0.39 is 8.69 Å². The minimum atomic E-state index is -1.08. The normalized spacial score (nSPS) is 12.2. The number of hydrogen-bond acceptors (Lipinski definition) is 4. The van der Waals surface area contributed by atoms with Gasteiger partial charge in [0.25, 0.3) is 0 Å². The van der Waals surface area contributed by atoms with E-state index in [9.17, 15) is 0 Å². The molecule has 0 amide bonds. The summed E-state index contributed by atoms with van der Waals surface area (Å²) in [6.45, 7) is 1.19. The minimum absolute atomic E-state index is 0. The maximum absolute atomic E-state index is 8.35. The zero-order valence-corrected chi connectivity index (χ0v) is 10.6. The van der Waals surface area contributed by atoms with E-state index in [-0.39, 0.29) is 29.6 Å². The molecule has 0 bridgehead atoms. The predicted molar refractivity (Wildman–Crippen MR) is 44.2 cm³/mol. The van der Waals surface area contributed by atoms with Gasteiger partial charge >= 0.3 is 29.6 Å². The molecule has 4 N–H and O–H groups in total. The summed E-state index contributed by atoms with van der Waals surface area (Å²) < 4.78 is 8.35.